The predicted octanol–water partition coefficient (Wildman–Crippen LogP) is 5.38. The molecule has 3 aromatic rings. The molecule has 0 aromatic heterocycles. The van der Waals surface area contributed by atoms with Gasteiger partial charge in [-0.1, -0.05) is 47.5 Å². The zero-order valence-electron chi connectivity index (χ0n) is 20.0. The van der Waals surface area contributed by atoms with Crippen LogP contribution in [-0.4, -0.2) is 25.9 Å². The minimum absolute atomic E-state index is 0.300. The van der Waals surface area contributed by atoms with Crippen molar-refractivity contribution in [1.82, 2.24) is 0 Å². The van der Waals surface area contributed by atoms with Gasteiger partial charge in [-0.2, -0.15) is 0 Å². The second kappa shape index (κ2) is 8.58. The van der Waals surface area contributed by atoms with Crippen molar-refractivity contribution in [3.63, 3.8) is 0 Å². The summed E-state index contributed by atoms with van der Waals surface area (Å²) >= 11 is 0. The molecule has 0 saturated carbocycles. The third kappa shape index (κ3) is 4.14. The number of benzene rings is 3. The Hall–Kier alpha value is -3.86. The number of rotatable bonds is 5. The topological polar surface area (TPSA) is 52.7 Å². The molecule has 0 fully saturated rings. The maximum absolute atomic E-state index is 13.8. The Bertz CT molecular complexity index is 1300. The van der Waals surface area contributed by atoms with E-state index in [1.54, 1.807) is 6.07 Å². The third-order valence-corrected chi connectivity index (χ3v) is 5.98. The maximum atomic E-state index is 13.8. The van der Waals surface area contributed by atoms with E-state index in [1.807, 2.05) is 95.2 Å². The highest BCUT2D eigenvalue weighted by Gasteiger charge is 2.41. The molecule has 0 unspecified atom stereocenters. The minimum Gasteiger partial charge on any atom is -0.378 e. The number of carbonyl (C=O) groups excluding carboxylic acids is 2. The fraction of sp³-hybridized carbons (Fsp3) is 0.214. The molecule has 0 atom stereocenters. The molecule has 3 aromatic carbocycles. The molecular weight excluding hydrogens is 410 g/mol. The Morgan fingerprint density at radius 3 is 2.06 bits per heavy atom. The van der Waals surface area contributed by atoms with Crippen molar-refractivity contribution in [2.75, 3.05) is 29.2 Å². The van der Waals surface area contributed by atoms with Crippen LogP contribution in [0.1, 0.15) is 27.8 Å². The average molecular weight is 440 g/mol. The van der Waals surface area contributed by atoms with E-state index in [0.717, 1.165) is 39.2 Å². The average Bonchev–Trinajstić information content (AvgIpc) is 2.99. The van der Waals surface area contributed by atoms with Crippen LogP contribution in [0.2, 0.25) is 0 Å². The van der Waals surface area contributed by atoms with Crippen molar-refractivity contribution < 1.29 is 9.59 Å². The van der Waals surface area contributed by atoms with Gasteiger partial charge < -0.3 is 10.2 Å². The van der Waals surface area contributed by atoms with E-state index in [1.165, 1.54) is 4.90 Å². The van der Waals surface area contributed by atoms with E-state index in [0.29, 0.717) is 17.0 Å². The molecule has 1 heterocycles. The Morgan fingerprint density at radius 1 is 0.758 bits per heavy atom. The summed E-state index contributed by atoms with van der Waals surface area (Å²) < 4.78 is 0. The summed E-state index contributed by atoms with van der Waals surface area (Å²) in [6.45, 7) is 8.00. The zero-order valence-corrected chi connectivity index (χ0v) is 20.0. The van der Waals surface area contributed by atoms with Gasteiger partial charge in [0.05, 0.1) is 11.3 Å². The number of anilines is 3. The van der Waals surface area contributed by atoms with Gasteiger partial charge >= 0.3 is 0 Å². The number of imide groups is 1. The van der Waals surface area contributed by atoms with Crippen molar-refractivity contribution in [3.8, 4) is 0 Å². The van der Waals surface area contributed by atoms with Crippen LogP contribution >= 0.6 is 0 Å². The van der Waals surface area contributed by atoms with Crippen molar-refractivity contribution in [3.05, 3.63) is 94.2 Å². The van der Waals surface area contributed by atoms with Gasteiger partial charge in [0, 0.05) is 25.5 Å². The van der Waals surface area contributed by atoms with Crippen LogP contribution < -0.4 is 15.1 Å². The van der Waals surface area contributed by atoms with E-state index in [-0.39, 0.29) is 11.8 Å². The molecule has 1 N–H and O–H groups in total. The number of aryl methyl sites for hydroxylation is 4. The van der Waals surface area contributed by atoms with Gasteiger partial charge in [0.25, 0.3) is 11.8 Å². The van der Waals surface area contributed by atoms with Crippen LogP contribution in [0.15, 0.2) is 66.4 Å². The van der Waals surface area contributed by atoms with E-state index >= 15 is 0 Å². The molecule has 5 heteroatoms. The molecule has 0 radical (unpaired) electrons. The molecule has 0 aliphatic carbocycles. The highest BCUT2D eigenvalue weighted by atomic mass is 16.2. The molecule has 2 amide bonds. The van der Waals surface area contributed by atoms with Crippen LogP contribution in [0.3, 0.4) is 0 Å². The predicted molar refractivity (Wildman–Crippen MR) is 136 cm³/mol. The highest BCUT2D eigenvalue weighted by molar-refractivity contribution is 6.46. The molecule has 1 aliphatic rings. The van der Waals surface area contributed by atoms with Gasteiger partial charge in [-0.05, 0) is 68.7 Å². The molecule has 168 valence electrons. The van der Waals surface area contributed by atoms with Crippen molar-refractivity contribution in [2.45, 2.75) is 27.7 Å². The van der Waals surface area contributed by atoms with E-state index < -0.39 is 0 Å². The van der Waals surface area contributed by atoms with Gasteiger partial charge in [-0.25, -0.2) is 4.90 Å². The second-order valence-corrected chi connectivity index (χ2v) is 8.87. The van der Waals surface area contributed by atoms with Gasteiger partial charge in [-0.3, -0.25) is 9.59 Å². The monoisotopic (exact) mass is 439 g/mol. The number of amides is 2. The molecule has 0 spiro atoms. The second-order valence-electron chi connectivity index (χ2n) is 8.87. The van der Waals surface area contributed by atoms with Gasteiger partial charge in [0.1, 0.15) is 5.70 Å². The first-order valence-electron chi connectivity index (χ1n) is 11.0. The van der Waals surface area contributed by atoms with Gasteiger partial charge in [0.15, 0.2) is 0 Å². The van der Waals surface area contributed by atoms with E-state index in [9.17, 15) is 9.59 Å². The number of nitrogens with one attached hydrogen (secondary N) is 1. The Labute approximate surface area is 195 Å². The number of carbonyl (C=O) groups is 2. The summed E-state index contributed by atoms with van der Waals surface area (Å²) in [4.78, 5) is 30.7. The summed E-state index contributed by atoms with van der Waals surface area (Å²) in [5.74, 6) is -0.680. The van der Waals surface area contributed by atoms with E-state index in [4.69, 9.17) is 0 Å². The van der Waals surface area contributed by atoms with Gasteiger partial charge in [-0.15, -0.1) is 0 Å². The molecule has 5 nitrogen and oxygen atoms in total. The Kier molecular flexibility index (Phi) is 5.81. The summed E-state index contributed by atoms with van der Waals surface area (Å²) in [6.07, 6.45) is 0. The molecule has 33 heavy (non-hydrogen) atoms. The normalized spacial score (nSPS) is 13.7. The van der Waals surface area contributed by atoms with E-state index in [2.05, 4.69) is 11.4 Å². The first kappa shape index (κ1) is 22.3. The van der Waals surface area contributed by atoms with Crippen LogP contribution in [0.5, 0.6) is 0 Å². The molecular formula is C28H29N3O2. The third-order valence-electron chi connectivity index (χ3n) is 5.98. The summed E-state index contributed by atoms with van der Waals surface area (Å²) in [7, 11) is 3.86. The Balaban J connectivity index is 1.87. The molecule has 0 saturated heterocycles. The van der Waals surface area contributed by atoms with Crippen LogP contribution in [-0.2, 0) is 9.59 Å². The lowest BCUT2D eigenvalue weighted by atomic mass is 9.97. The van der Waals surface area contributed by atoms with Crippen LogP contribution in [0, 0.1) is 27.7 Å². The van der Waals surface area contributed by atoms with Crippen LogP contribution in [0.4, 0.5) is 17.1 Å². The standard InChI is InChI=1S/C28H29N3O2/c1-17-10-12-23(19(3)14-17)25-26(29-24-13-11-18(2)15-20(24)4)28(33)31(27(25)32)22-9-7-8-21(16-22)30(5)6/h7-16,29H,1-6H3. The zero-order chi connectivity index (χ0) is 23.9. The quantitative estimate of drug-likeness (QED) is 0.542. The lowest BCUT2D eigenvalue weighted by Crippen LogP contribution is -2.32. The highest BCUT2D eigenvalue weighted by Crippen LogP contribution is 2.36. The van der Waals surface area contributed by atoms with Crippen molar-refractivity contribution in [1.29, 1.82) is 0 Å². The number of hydrogen-bond donors (Lipinski definition) is 1. The maximum Gasteiger partial charge on any atom is 0.282 e. The molecule has 0 bridgehead atoms. The number of hydrogen-bond acceptors (Lipinski definition) is 4. The van der Waals surface area contributed by atoms with Gasteiger partial charge in [0.2, 0.25) is 0 Å². The van der Waals surface area contributed by atoms with Crippen molar-refractivity contribution in [2.24, 2.45) is 0 Å². The fourth-order valence-corrected chi connectivity index (χ4v) is 4.22. The molecule has 4 rings (SSSR count). The molecule has 1 aliphatic heterocycles. The lowest BCUT2D eigenvalue weighted by molar-refractivity contribution is -0.120. The lowest BCUT2D eigenvalue weighted by Gasteiger charge is -2.19. The smallest absolute Gasteiger partial charge is 0.282 e. The first-order valence-corrected chi connectivity index (χ1v) is 11.0. The van der Waals surface area contributed by atoms with Crippen LogP contribution in [0.25, 0.3) is 5.57 Å². The van der Waals surface area contributed by atoms with Crippen molar-refractivity contribution >= 4 is 34.4 Å². The largest absolute Gasteiger partial charge is 0.378 e. The summed E-state index contributed by atoms with van der Waals surface area (Å²) in [5.41, 5.74) is 7.94. The number of nitrogens with zero attached hydrogens (tertiary/aromatic N) is 2. The summed E-state index contributed by atoms with van der Waals surface area (Å²) in [6, 6.07) is 19.4. The Morgan fingerprint density at radius 2 is 1.42 bits per heavy atom. The fourth-order valence-electron chi connectivity index (χ4n) is 4.22. The first-order chi connectivity index (χ1) is 15.7. The minimum atomic E-state index is -0.356. The SMILES string of the molecule is Cc1ccc(NC2=C(c3ccc(C)cc3C)C(=O)N(c3cccc(N(C)C)c3)C2=O)c(C)c1. The summed E-state index contributed by atoms with van der Waals surface area (Å²) in [5, 5.41) is 3.30.